The Morgan fingerprint density at radius 3 is 2.70 bits per heavy atom. The van der Waals surface area contributed by atoms with Gasteiger partial charge in [-0.1, -0.05) is 30.3 Å². The SMILES string of the molecule is Cc1cnc2c(c1)c(=O)[nH]c(=O)n2Cc1ccccc1. The maximum absolute atomic E-state index is 12.0. The molecule has 100 valence electrons. The lowest BCUT2D eigenvalue weighted by molar-refractivity contribution is 0.746. The molecule has 0 amide bonds. The van der Waals surface area contributed by atoms with E-state index in [2.05, 4.69) is 9.97 Å². The predicted molar refractivity (Wildman–Crippen MR) is 76.9 cm³/mol. The van der Waals surface area contributed by atoms with Gasteiger partial charge in [0.15, 0.2) is 0 Å². The number of hydrogen-bond acceptors (Lipinski definition) is 3. The van der Waals surface area contributed by atoms with E-state index in [1.54, 1.807) is 12.3 Å². The second kappa shape index (κ2) is 4.77. The Labute approximate surface area is 114 Å². The van der Waals surface area contributed by atoms with Crippen molar-refractivity contribution in [2.45, 2.75) is 13.5 Å². The first-order valence-corrected chi connectivity index (χ1v) is 6.28. The molecule has 0 saturated heterocycles. The van der Waals surface area contributed by atoms with Crippen LogP contribution in [0.1, 0.15) is 11.1 Å². The molecular weight excluding hydrogens is 254 g/mol. The lowest BCUT2D eigenvalue weighted by atomic mass is 10.2. The number of aryl methyl sites for hydroxylation is 1. The van der Waals surface area contributed by atoms with E-state index in [-0.39, 0.29) is 0 Å². The van der Waals surface area contributed by atoms with Crippen molar-refractivity contribution >= 4 is 11.0 Å². The molecule has 0 atom stereocenters. The fourth-order valence-electron chi connectivity index (χ4n) is 2.18. The van der Waals surface area contributed by atoms with Crippen molar-refractivity contribution < 1.29 is 0 Å². The largest absolute Gasteiger partial charge is 0.330 e. The molecule has 0 aliphatic rings. The molecule has 0 aliphatic heterocycles. The molecule has 1 aromatic carbocycles. The summed E-state index contributed by atoms with van der Waals surface area (Å²) < 4.78 is 1.48. The minimum atomic E-state index is -0.442. The van der Waals surface area contributed by atoms with Crippen LogP contribution in [0.25, 0.3) is 11.0 Å². The normalized spacial score (nSPS) is 10.8. The maximum atomic E-state index is 12.0. The van der Waals surface area contributed by atoms with Crippen LogP contribution in [-0.4, -0.2) is 14.5 Å². The number of aromatic nitrogens is 3. The molecule has 0 fully saturated rings. The van der Waals surface area contributed by atoms with E-state index in [9.17, 15) is 9.59 Å². The monoisotopic (exact) mass is 267 g/mol. The van der Waals surface area contributed by atoms with Crippen LogP contribution < -0.4 is 11.2 Å². The average Bonchev–Trinajstić information content (AvgIpc) is 2.45. The van der Waals surface area contributed by atoms with Gasteiger partial charge in [-0.25, -0.2) is 9.78 Å². The first-order chi connectivity index (χ1) is 9.65. The summed E-state index contributed by atoms with van der Waals surface area (Å²) in [7, 11) is 0. The molecule has 5 heteroatoms. The summed E-state index contributed by atoms with van der Waals surface area (Å²) >= 11 is 0. The van der Waals surface area contributed by atoms with Gasteiger partial charge in [0, 0.05) is 6.20 Å². The third kappa shape index (κ3) is 2.14. The quantitative estimate of drug-likeness (QED) is 0.764. The lowest BCUT2D eigenvalue weighted by Gasteiger charge is -2.09. The highest BCUT2D eigenvalue weighted by atomic mass is 16.2. The van der Waals surface area contributed by atoms with Crippen molar-refractivity contribution in [1.82, 2.24) is 14.5 Å². The van der Waals surface area contributed by atoms with Crippen LogP contribution in [0, 0.1) is 6.92 Å². The Balaban J connectivity index is 2.25. The zero-order valence-electron chi connectivity index (χ0n) is 11.0. The van der Waals surface area contributed by atoms with E-state index in [1.165, 1.54) is 4.57 Å². The molecule has 0 aliphatic carbocycles. The maximum Gasteiger partial charge on any atom is 0.330 e. The lowest BCUT2D eigenvalue weighted by Crippen LogP contribution is -2.31. The van der Waals surface area contributed by atoms with Gasteiger partial charge in [-0.2, -0.15) is 0 Å². The third-order valence-electron chi connectivity index (χ3n) is 3.15. The standard InChI is InChI=1S/C15H13N3O2/c1-10-7-12-13(16-8-10)18(15(20)17-14(12)19)9-11-5-3-2-4-6-11/h2-8H,9H2,1H3,(H,17,19,20). The van der Waals surface area contributed by atoms with E-state index < -0.39 is 11.2 Å². The summed E-state index contributed by atoms with van der Waals surface area (Å²) in [5.41, 5.74) is 1.43. The van der Waals surface area contributed by atoms with Gasteiger partial charge >= 0.3 is 5.69 Å². The molecule has 0 spiro atoms. The molecule has 20 heavy (non-hydrogen) atoms. The van der Waals surface area contributed by atoms with E-state index in [0.29, 0.717) is 17.6 Å². The minimum absolute atomic E-state index is 0.378. The number of nitrogens with zero attached hydrogens (tertiary/aromatic N) is 2. The first-order valence-electron chi connectivity index (χ1n) is 6.28. The van der Waals surface area contributed by atoms with Crippen LogP contribution in [0.3, 0.4) is 0 Å². The molecule has 5 nitrogen and oxygen atoms in total. The Hall–Kier alpha value is -2.69. The van der Waals surface area contributed by atoms with Gasteiger partial charge in [-0.3, -0.25) is 14.3 Å². The summed E-state index contributed by atoms with van der Waals surface area (Å²) in [5, 5.41) is 0.431. The highest BCUT2D eigenvalue weighted by molar-refractivity contribution is 5.74. The van der Waals surface area contributed by atoms with Gasteiger partial charge in [0.05, 0.1) is 11.9 Å². The van der Waals surface area contributed by atoms with Crippen LogP contribution in [0.15, 0.2) is 52.2 Å². The van der Waals surface area contributed by atoms with E-state index in [0.717, 1.165) is 11.1 Å². The Kier molecular flexibility index (Phi) is 2.95. The first kappa shape index (κ1) is 12.3. The second-order valence-electron chi connectivity index (χ2n) is 4.71. The fourth-order valence-corrected chi connectivity index (χ4v) is 2.18. The second-order valence-corrected chi connectivity index (χ2v) is 4.71. The Bertz CT molecular complexity index is 879. The van der Waals surface area contributed by atoms with Crippen molar-refractivity contribution in [2.24, 2.45) is 0 Å². The van der Waals surface area contributed by atoms with Crippen LogP contribution in [0.5, 0.6) is 0 Å². The molecule has 0 bridgehead atoms. The van der Waals surface area contributed by atoms with E-state index in [1.807, 2.05) is 37.3 Å². The summed E-state index contributed by atoms with van der Waals surface area (Å²) in [6.07, 6.45) is 1.66. The van der Waals surface area contributed by atoms with Crippen LogP contribution in [0.2, 0.25) is 0 Å². The number of aromatic amines is 1. The molecule has 2 aromatic heterocycles. The molecule has 2 heterocycles. The number of fused-ring (bicyclic) bond motifs is 1. The van der Waals surface area contributed by atoms with Crippen LogP contribution >= 0.6 is 0 Å². The van der Waals surface area contributed by atoms with Crippen molar-refractivity contribution in [2.75, 3.05) is 0 Å². The summed E-state index contributed by atoms with van der Waals surface area (Å²) in [6.45, 7) is 2.24. The van der Waals surface area contributed by atoms with E-state index in [4.69, 9.17) is 0 Å². The van der Waals surface area contributed by atoms with Crippen molar-refractivity contribution in [3.8, 4) is 0 Å². The minimum Gasteiger partial charge on any atom is -0.273 e. The topological polar surface area (TPSA) is 67.8 Å². The van der Waals surface area contributed by atoms with Crippen molar-refractivity contribution in [3.63, 3.8) is 0 Å². The molecule has 1 N–H and O–H groups in total. The fraction of sp³-hybridized carbons (Fsp3) is 0.133. The summed E-state index contributed by atoms with van der Waals surface area (Å²) in [4.78, 5) is 30.4. The number of nitrogens with one attached hydrogen (secondary N) is 1. The smallest absolute Gasteiger partial charge is 0.273 e. The number of H-pyrrole nitrogens is 1. The van der Waals surface area contributed by atoms with Gasteiger partial charge < -0.3 is 0 Å². The number of rotatable bonds is 2. The molecule has 0 radical (unpaired) electrons. The van der Waals surface area contributed by atoms with Gasteiger partial charge in [0.2, 0.25) is 0 Å². The van der Waals surface area contributed by atoms with Crippen LogP contribution in [0.4, 0.5) is 0 Å². The van der Waals surface area contributed by atoms with Crippen molar-refractivity contribution in [1.29, 1.82) is 0 Å². The molecular formula is C15H13N3O2. The van der Waals surface area contributed by atoms with Gasteiger partial charge in [-0.15, -0.1) is 0 Å². The highest BCUT2D eigenvalue weighted by Crippen LogP contribution is 2.09. The molecule has 3 rings (SSSR count). The average molecular weight is 267 g/mol. The highest BCUT2D eigenvalue weighted by Gasteiger charge is 2.09. The van der Waals surface area contributed by atoms with Crippen LogP contribution in [-0.2, 0) is 6.54 Å². The number of benzene rings is 1. The van der Waals surface area contributed by atoms with Crippen molar-refractivity contribution in [3.05, 3.63) is 74.6 Å². The van der Waals surface area contributed by atoms with Gasteiger partial charge in [0.1, 0.15) is 5.65 Å². The van der Waals surface area contributed by atoms with Gasteiger partial charge in [0.25, 0.3) is 5.56 Å². The molecule has 3 aromatic rings. The Morgan fingerprint density at radius 2 is 1.95 bits per heavy atom. The Morgan fingerprint density at radius 1 is 1.20 bits per heavy atom. The summed E-state index contributed by atoms with van der Waals surface area (Å²) in [6, 6.07) is 11.3. The van der Waals surface area contributed by atoms with E-state index >= 15 is 0 Å². The zero-order chi connectivity index (χ0) is 14.1. The third-order valence-corrected chi connectivity index (χ3v) is 3.15. The predicted octanol–water partition coefficient (Wildman–Crippen LogP) is 1.44. The number of hydrogen-bond donors (Lipinski definition) is 1. The van der Waals surface area contributed by atoms with Gasteiger partial charge in [-0.05, 0) is 24.1 Å². The molecule has 0 unspecified atom stereocenters. The summed E-state index contributed by atoms with van der Waals surface area (Å²) in [5.74, 6) is 0. The number of pyridine rings is 1. The molecule has 0 saturated carbocycles. The zero-order valence-corrected chi connectivity index (χ0v) is 11.0.